The smallest absolute Gasteiger partial charge is 0.327 e. The predicted molar refractivity (Wildman–Crippen MR) is 97.6 cm³/mol. The van der Waals surface area contributed by atoms with E-state index in [2.05, 4.69) is 32.4 Å². The Labute approximate surface area is 155 Å². The number of likely N-dealkylation sites (tertiary alicyclic amines) is 1. The Balaban J connectivity index is 1.62. The van der Waals surface area contributed by atoms with Crippen LogP contribution < -0.4 is 5.69 Å². The van der Waals surface area contributed by atoms with E-state index in [0.717, 1.165) is 36.9 Å². The zero-order chi connectivity index (χ0) is 18.8. The Morgan fingerprint density at radius 3 is 2.93 bits per heavy atom. The van der Waals surface area contributed by atoms with Crippen LogP contribution >= 0.6 is 0 Å². The van der Waals surface area contributed by atoms with Gasteiger partial charge in [0.2, 0.25) is 0 Å². The van der Waals surface area contributed by atoms with Crippen molar-refractivity contribution in [1.29, 1.82) is 0 Å². The highest BCUT2D eigenvalue weighted by molar-refractivity contribution is 5.92. The second-order valence-electron chi connectivity index (χ2n) is 6.60. The lowest BCUT2D eigenvalue weighted by Gasteiger charge is -2.33. The molecule has 27 heavy (non-hydrogen) atoms. The van der Waals surface area contributed by atoms with Crippen molar-refractivity contribution in [3.63, 3.8) is 0 Å². The van der Waals surface area contributed by atoms with Crippen molar-refractivity contribution in [2.75, 3.05) is 6.54 Å². The topological polar surface area (TPSA) is 113 Å². The lowest BCUT2D eigenvalue weighted by Crippen LogP contribution is -2.39. The minimum atomic E-state index is -0.370. The third kappa shape index (κ3) is 3.27. The number of nitrogens with one attached hydrogen (secondary N) is 2. The maximum absolute atomic E-state index is 13.1. The van der Waals surface area contributed by atoms with Gasteiger partial charge < -0.3 is 4.90 Å². The number of piperidine rings is 1. The Kier molecular flexibility index (Phi) is 4.57. The van der Waals surface area contributed by atoms with Gasteiger partial charge in [0.25, 0.3) is 5.91 Å². The fourth-order valence-electron chi connectivity index (χ4n) is 3.56. The molecule has 9 heteroatoms. The molecule has 3 aromatic rings. The van der Waals surface area contributed by atoms with E-state index < -0.39 is 0 Å². The van der Waals surface area contributed by atoms with E-state index in [0.29, 0.717) is 12.4 Å². The van der Waals surface area contributed by atoms with Gasteiger partial charge in [0.15, 0.2) is 11.5 Å². The van der Waals surface area contributed by atoms with E-state index in [-0.39, 0.29) is 23.3 Å². The summed E-state index contributed by atoms with van der Waals surface area (Å²) in [5.41, 5.74) is 1.96. The zero-order valence-electron chi connectivity index (χ0n) is 15.1. The van der Waals surface area contributed by atoms with Gasteiger partial charge in [0, 0.05) is 6.54 Å². The van der Waals surface area contributed by atoms with Crippen molar-refractivity contribution >= 4 is 5.91 Å². The van der Waals surface area contributed by atoms with Crippen LogP contribution in [0.25, 0.3) is 5.69 Å². The second-order valence-corrected chi connectivity index (χ2v) is 6.60. The van der Waals surface area contributed by atoms with Gasteiger partial charge in [-0.3, -0.25) is 9.78 Å². The van der Waals surface area contributed by atoms with Crippen LogP contribution in [0, 0.1) is 0 Å². The highest BCUT2D eigenvalue weighted by Crippen LogP contribution is 2.29. The van der Waals surface area contributed by atoms with E-state index in [1.807, 2.05) is 24.3 Å². The molecule has 1 atom stereocenters. The van der Waals surface area contributed by atoms with E-state index in [4.69, 9.17) is 0 Å². The molecule has 1 saturated heterocycles. The van der Waals surface area contributed by atoms with Gasteiger partial charge in [0.1, 0.15) is 0 Å². The fourth-order valence-corrected chi connectivity index (χ4v) is 3.56. The van der Waals surface area contributed by atoms with Crippen LogP contribution in [0.2, 0.25) is 0 Å². The van der Waals surface area contributed by atoms with Gasteiger partial charge >= 0.3 is 5.69 Å². The average Bonchev–Trinajstić information content (AvgIpc) is 3.37. The number of carbonyl (C=O) groups excluding carboxylic acids is 1. The van der Waals surface area contributed by atoms with Crippen LogP contribution in [0.15, 0.2) is 35.3 Å². The molecule has 0 saturated carbocycles. The second kappa shape index (κ2) is 7.18. The summed E-state index contributed by atoms with van der Waals surface area (Å²) in [6.45, 7) is 2.67. The molecule has 3 heterocycles. The molecule has 2 N–H and O–H groups in total. The number of H-pyrrole nitrogens is 2. The molecular weight excluding hydrogens is 346 g/mol. The molecular formula is C18H21N7O2. The summed E-state index contributed by atoms with van der Waals surface area (Å²) in [6.07, 6.45) is 5.15. The van der Waals surface area contributed by atoms with Crippen LogP contribution in [0.3, 0.4) is 0 Å². The monoisotopic (exact) mass is 367 g/mol. The van der Waals surface area contributed by atoms with Crippen molar-refractivity contribution in [3.8, 4) is 5.69 Å². The lowest BCUT2D eigenvalue weighted by molar-refractivity contribution is 0.0594. The summed E-state index contributed by atoms with van der Waals surface area (Å²) in [7, 11) is 0. The number of aromatic amines is 2. The normalized spacial score (nSPS) is 17.2. The molecule has 0 spiro atoms. The first-order chi connectivity index (χ1) is 13.2. The summed E-state index contributed by atoms with van der Waals surface area (Å²) in [5.74, 6) is 0.278. The van der Waals surface area contributed by atoms with E-state index in [9.17, 15) is 9.59 Å². The van der Waals surface area contributed by atoms with Crippen molar-refractivity contribution in [2.24, 2.45) is 0 Å². The minimum Gasteiger partial charge on any atom is -0.327 e. The van der Waals surface area contributed by atoms with Crippen molar-refractivity contribution in [1.82, 2.24) is 35.1 Å². The molecule has 0 bridgehead atoms. The Morgan fingerprint density at radius 1 is 1.30 bits per heavy atom. The van der Waals surface area contributed by atoms with Gasteiger partial charge in [-0.05, 0) is 37.3 Å². The fraction of sp³-hybridized carbons (Fsp3) is 0.389. The minimum absolute atomic E-state index is 0.205. The standard InChI is InChI=1S/C18H21N7O2/c1-2-12-7-3-4-8-14(12)25-11-13(20-23-25)17(26)24-10-6-5-9-15(24)16-19-18(27)22-21-16/h3-4,7-8,11,15H,2,5-6,9-10H2,1H3,(H2,19,21,22,27). The number of aromatic nitrogens is 6. The Hall–Kier alpha value is -3.23. The number of hydrogen-bond donors (Lipinski definition) is 2. The lowest BCUT2D eigenvalue weighted by atomic mass is 10.0. The molecule has 1 unspecified atom stereocenters. The number of para-hydroxylation sites is 1. The third-order valence-corrected chi connectivity index (χ3v) is 4.93. The molecule has 140 valence electrons. The van der Waals surface area contributed by atoms with Crippen LogP contribution in [0.4, 0.5) is 0 Å². The van der Waals surface area contributed by atoms with Crippen LogP contribution in [0.1, 0.15) is 54.1 Å². The number of aryl methyl sites for hydroxylation is 1. The van der Waals surface area contributed by atoms with Gasteiger partial charge in [-0.25, -0.2) is 14.6 Å². The van der Waals surface area contributed by atoms with Gasteiger partial charge in [-0.2, -0.15) is 5.10 Å². The molecule has 0 aliphatic carbocycles. The summed E-state index contributed by atoms with van der Waals surface area (Å²) >= 11 is 0. The Bertz CT molecular complexity index is 1000. The number of hydrogen-bond acceptors (Lipinski definition) is 5. The first-order valence-electron chi connectivity index (χ1n) is 9.13. The number of amides is 1. The quantitative estimate of drug-likeness (QED) is 0.727. The van der Waals surface area contributed by atoms with E-state index in [1.165, 1.54) is 0 Å². The maximum atomic E-state index is 13.1. The van der Waals surface area contributed by atoms with Gasteiger partial charge in [-0.15, -0.1) is 5.10 Å². The largest absolute Gasteiger partial charge is 0.340 e. The number of carbonyl (C=O) groups is 1. The summed E-state index contributed by atoms with van der Waals surface area (Å²) in [5, 5.41) is 14.6. The molecule has 4 rings (SSSR count). The first kappa shape index (κ1) is 17.2. The molecule has 0 radical (unpaired) electrons. The average molecular weight is 367 g/mol. The number of benzene rings is 1. The molecule has 9 nitrogen and oxygen atoms in total. The first-order valence-corrected chi connectivity index (χ1v) is 9.13. The van der Waals surface area contributed by atoms with Crippen molar-refractivity contribution in [3.05, 3.63) is 58.0 Å². The summed E-state index contributed by atoms with van der Waals surface area (Å²) < 4.78 is 1.64. The number of nitrogens with zero attached hydrogens (tertiary/aromatic N) is 5. The highest BCUT2D eigenvalue weighted by atomic mass is 16.2. The predicted octanol–water partition coefficient (Wildman–Crippen LogP) is 1.61. The Morgan fingerprint density at radius 2 is 2.15 bits per heavy atom. The number of rotatable bonds is 4. The van der Waals surface area contributed by atoms with Gasteiger partial charge in [0.05, 0.1) is 17.9 Å². The summed E-state index contributed by atoms with van der Waals surface area (Å²) in [4.78, 5) is 28.9. The maximum Gasteiger partial charge on any atom is 0.340 e. The van der Waals surface area contributed by atoms with Gasteiger partial charge in [-0.1, -0.05) is 30.3 Å². The van der Waals surface area contributed by atoms with Crippen molar-refractivity contribution in [2.45, 2.75) is 38.6 Å². The highest BCUT2D eigenvalue weighted by Gasteiger charge is 2.32. The van der Waals surface area contributed by atoms with Crippen LogP contribution in [-0.4, -0.2) is 47.5 Å². The van der Waals surface area contributed by atoms with E-state index >= 15 is 0 Å². The molecule has 2 aromatic heterocycles. The van der Waals surface area contributed by atoms with Crippen LogP contribution in [-0.2, 0) is 6.42 Å². The molecule has 1 fully saturated rings. The summed E-state index contributed by atoms with van der Waals surface area (Å²) in [6, 6.07) is 7.64. The van der Waals surface area contributed by atoms with Crippen LogP contribution in [0.5, 0.6) is 0 Å². The van der Waals surface area contributed by atoms with E-state index in [1.54, 1.807) is 15.8 Å². The molecule has 1 aliphatic rings. The zero-order valence-corrected chi connectivity index (χ0v) is 15.1. The van der Waals surface area contributed by atoms with Crippen molar-refractivity contribution < 1.29 is 4.79 Å². The molecule has 1 aliphatic heterocycles. The third-order valence-electron chi connectivity index (χ3n) is 4.93. The molecule has 1 amide bonds. The molecule has 1 aromatic carbocycles. The SMILES string of the molecule is CCc1ccccc1-n1cc(C(=O)N2CCCCC2c2n[nH]c(=O)[nH]2)nn1.